The third-order valence-corrected chi connectivity index (χ3v) is 4.47. The van der Waals surface area contributed by atoms with Gasteiger partial charge in [-0.15, -0.1) is 0 Å². The van der Waals surface area contributed by atoms with Gasteiger partial charge in [-0.1, -0.05) is 33.0 Å². The van der Waals surface area contributed by atoms with Crippen molar-refractivity contribution < 1.29 is 9.90 Å². The van der Waals surface area contributed by atoms with Crippen LogP contribution in [0.4, 0.5) is 0 Å². The molecule has 0 radical (unpaired) electrons. The molecule has 1 unspecified atom stereocenters. The minimum Gasteiger partial charge on any atom is -0.550 e. The molecular weight excluding hydrogens is 144 g/mol. The molecule has 0 N–H and O–H groups in total. The molecule has 0 aromatic heterocycles. The summed E-state index contributed by atoms with van der Waals surface area (Å²) in [5.74, 6) is -0.873. The summed E-state index contributed by atoms with van der Waals surface area (Å²) in [7, 11) is -1.51. The fourth-order valence-corrected chi connectivity index (χ4v) is 3.06. The molecule has 3 heteroatoms. The van der Waals surface area contributed by atoms with E-state index in [0.717, 1.165) is 0 Å². The van der Waals surface area contributed by atoms with Crippen LogP contribution in [0.3, 0.4) is 0 Å². The Bertz CT molecular complexity index is 126. The molecule has 0 saturated heterocycles. The van der Waals surface area contributed by atoms with Gasteiger partial charge in [0.2, 0.25) is 0 Å². The zero-order valence-corrected chi connectivity index (χ0v) is 8.10. The third-order valence-electron chi connectivity index (χ3n) is 1.74. The number of aliphatic carboxylic acids is 1. The Morgan fingerprint density at radius 3 is 1.90 bits per heavy atom. The summed E-state index contributed by atoms with van der Waals surface area (Å²) in [5, 5.41) is 10.5. The molecule has 10 heavy (non-hydrogen) atoms. The fourth-order valence-electron chi connectivity index (χ4n) is 1.13. The lowest BCUT2D eigenvalue weighted by Crippen LogP contribution is -2.40. The molecule has 0 saturated carbocycles. The predicted molar refractivity (Wildman–Crippen MR) is 42.4 cm³/mol. The number of rotatable bonds is 3. The number of hydrogen-bond donors (Lipinski definition) is 0. The summed E-state index contributed by atoms with van der Waals surface area (Å²) < 4.78 is 0. The SMILES string of the molecule is CCC(C(=O)[O-])[Si](C)(C)C. The summed E-state index contributed by atoms with van der Waals surface area (Å²) in [6.07, 6.45) is 0.706. The predicted octanol–water partition coefficient (Wildman–Crippen LogP) is 0.855. The van der Waals surface area contributed by atoms with Gasteiger partial charge in [-0.3, -0.25) is 0 Å². The van der Waals surface area contributed by atoms with E-state index in [2.05, 4.69) is 19.6 Å². The van der Waals surface area contributed by atoms with Crippen LogP contribution in [-0.2, 0) is 4.79 Å². The van der Waals surface area contributed by atoms with Crippen molar-refractivity contribution in [3.05, 3.63) is 0 Å². The van der Waals surface area contributed by atoms with Gasteiger partial charge >= 0.3 is 0 Å². The molecule has 0 aliphatic carbocycles. The van der Waals surface area contributed by atoms with Crippen molar-refractivity contribution in [1.29, 1.82) is 0 Å². The maximum Gasteiger partial charge on any atom is 0.0537 e. The topological polar surface area (TPSA) is 40.1 Å². The van der Waals surface area contributed by atoms with Gasteiger partial charge in [-0.2, -0.15) is 0 Å². The average molecular weight is 159 g/mol. The summed E-state index contributed by atoms with van der Waals surface area (Å²) in [4.78, 5) is 10.5. The van der Waals surface area contributed by atoms with Crippen molar-refractivity contribution in [3.63, 3.8) is 0 Å². The lowest BCUT2D eigenvalue weighted by Gasteiger charge is -2.28. The maximum absolute atomic E-state index is 10.5. The molecule has 0 aliphatic rings. The summed E-state index contributed by atoms with van der Waals surface area (Å²) in [6.45, 7) is 8.06. The Labute approximate surface area is 63.3 Å². The van der Waals surface area contributed by atoms with Crippen molar-refractivity contribution in [2.24, 2.45) is 0 Å². The molecule has 0 aliphatic heterocycles. The third kappa shape index (κ3) is 2.52. The van der Waals surface area contributed by atoms with Crippen LogP contribution in [0.5, 0.6) is 0 Å². The first-order valence-electron chi connectivity index (χ1n) is 3.60. The zero-order valence-electron chi connectivity index (χ0n) is 7.10. The lowest BCUT2D eigenvalue weighted by molar-refractivity contribution is -0.305. The van der Waals surface area contributed by atoms with Gasteiger partial charge in [0.05, 0.1) is 8.07 Å². The highest BCUT2D eigenvalue weighted by atomic mass is 28.3. The van der Waals surface area contributed by atoms with Crippen LogP contribution in [-0.4, -0.2) is 14.0 Å². The van der Waals surface area contributed by atoms with Crippen LogP contribution in [0.2, 0.25) is 25.2 Å². The quantitative estimate of drug-likeness (QED) is 0.573. The van der Waals surface area contributed by atoms with E-state index in [1.807, 2.05) is 6.92 Å². The molecule has 0 bridgehead atoms. The highest BCUT2D eigenvalue weighted by Crippen LogP contribution is 2.23. The number of carbonyl (C=O) groups is 1. The largest absolute Gasteiger partial charge is 0.550 e. The molecule has 0 spiro atoms. The van der Waals surface area contributed by atoms with Crippen LogP contribution < -0.4 is 5.11 Å². The Hall–Kier alpha value is -0.313. The monoisotopic (exact) mass is 159 g/mol. The highest BCUT2D eigenvalue weighted by molar-refractivity contribution is 6.80. The fraction of sp³-hybridized carbons (Fsp3) is 0.857. The minimum absolute atomic E-state index is 0.188. The first kappa shape index (κ1) is 9.69. The second-order valence-corrected chi connectivity index (χ2v) is 9.07. The Morgan fingerprint density at radius 1 is 1.50 bits per heavy atom. The first-order valence-corrected chi connectivity index (χ1v) is 7.18. The van der Waals surface area contributed by atoms with Gasteiger partial charge in [0.1, 0.15) is 0 Å². The van der Waals surface area contributed by atoms with Crippen LogP contribution >= 0.6 is 0 Å². The lowest BCUT2D eigenvalue weighted by atomic mass is 10.3. The van der Waals surface area contributed by atoms with E-state index < -0.39 is 14.0 Å². The maximum atomic E-state index is 10.5. The van der Waals surface area contributed by atoms with Crippen molar-refractivity contribution >= 4 is 14.0 Å². The summed E-state index contributed by atoms with van der Waals surface area (Å²) in [5.41, 5.74) is -0.188. The molecule has 60 valence electrons. The van der Waals surface area contributed by atoms with E-state index >= 15 is 0 Å². The normalized spacial score (nSPS) is 14.8. The molecule has 0 aromatic rings. The van der Waals surface area contributed by atoms with Crippen molar-refractivity contribution in [2.75, 3.05) is 0 Å². The van der Waals surface area contributed by atoms with Crippen LogP contribution in [0.1, 0.15) is 13.3 Å². The first-order chi connectivity index (χ1) is 4.39. The zero-order chi connectivity index (χ0) is 8.36. The number of carboxylic acids is 1. The van der Waals surface area contributed by atoms with Crippen LogP contribution in [0.25, 0.3) is 0 Å². The van der Waals surface area contributed by atoms with E-state index in [1.165, 1.54) is 0 Å². The smallest absolute Gasteiger partial charge is 0.0537 e. The van der Waals surface area contributed by atoms with Gasteiger partial charge in [0.15, 0.2) is 0 Å². The summed E-state index contributed by atoms with van der Waals surface area (Å²) >= 11 is 0. The molecule has 0 amide bonds. The number of hydrogen-bond acceptors (Lipinski definition) is 2. The molecule has 1 atom stereocenters. The van der Waals surface area contributed by atoms with Crippen molar-refractivity contribution in [3.8, 4) is 0 Å². The summed E-state index contributed by atoms with van der Waals surface area (Å²) in [6, 6.07) is 0. The standard InChI is InChI=1S/C7H16O2Si/c1-5-6(7(8)9)10(2,3)4/h6H,5H2,1-4H3,(H,8,9)/p-1. The molecular formula is C7H15O2Si-. The Kier molecular flexibility index (Phi) is 3.09. The van der Waals surface area contributed by atoms with Gasteiger partial charge in [-0.25, -0.2) is 0 Å². The second kappa shape index (κ2) is 3.19. The highest BCUT2D eigenvalue weighted by Gasteiger charge is 2.25. The van der Waals surface area contributed by atoms with E-state index in [1.54, 1.807) is 0 Å². The number of carbonyl (C=O) groups excluding carboxylic acids is 1. The molecule has 2 nitrogen and oxygen atoms in total. The van der Waals surface area contributed by atoms with E-state index in [4.69, 9.17) is 0 Å². The van der Waals surface area contributed by atoms with Crippen LogP contribution in [0, 0.1) is 0 Å². The average Bonchev–Trinajstić information content (AvgIpc) is 1.60. The van der Waals surface area contributed by atoms with E-state index in [0.29, 0.717) is 6.42 Å². The van der Waals surface area contributed by atoms with Gasteiger partial charge < -0.3 is 9.90 Å². The molecule has 0 fully saturated rings. The molecule has 0 rings (SSSR count). The van der Waals surface area contributed by atoms with E-state index in [-0.39, 0.29) is 5.54 Å². The molecule has 0 heterocycles. The van der Waals surface area contributed by atoms with Gasteiger partial charge in [0, 0.05) is 5.97 Å². The van der Waals surface area contributed by atoms with Gasteiger partial charge in [-0.05, 0) is 5.54 Å². The minimum atomic E-state index is -1.51. The van der Waals surface area contributed by atoms with Crippen molar-refractivity contribution in [2.45, 2.75) is 38.5 Å². The number of carboxylic acid groups (broad SMARTS) is 1. The van der Waals surface area contributed by atoms with E-state index in [9.17, 15) is 9.90 Å². The van der Waals surface area contributed by atoms with Crippen LogP contribution in [0.15, 0.2) is 0 Å². The van der Waals surface area contributed by atoms with Gasteiger partial charge in [0.25, 0.3) is 0 Å². The molecule has 0 aromatic carbocycles. The van der Waals surface area contributed by atoms with Crippen molar-refractivity contribution in [1.82, 2.24) is 0 Å². The second-order valence-electron chi connectivity index (χ2n) is 3.65. The Morgan fingerprint density at radius 2 is 1.90 bits per heavy atom. The Balaban J connectivity index is 4.22.